The number of hydrogen-bond donors (Lipinski definition) is 2. The molecule has 0 atom stereocenters. The second-order valence-corrected chi connectivity index (χ2v) is 9.26. The Labute approximate surface area is 155 Å². The fourth-order valence-corrected chi connectivity index (χ4v) is 5.13. The van der Waals surface area contributed by atoms with Crippen LogP contribution in [0.1, 0.15) is 31.5 Å². The van der Waals surface area contributed by atoms with Crippen molar-refractivity contribution in [1.82, 2.24) is 10.1 Å². The normalized spacial score (nSPS) is 16.7. The Kier molecular flexibility index (Phi) is 4.29. The van der Waals surface area contributed by atoms with Gasteiger partial charge in [-0.25, -0.2) is 8.42 Å². The van der Waals surface area contributed by atoms with Gasteiger partial charge in [-0.05, 0) is 48.6 Å². The molecule has 2 aromatic heterocycles. The monoisotopic (exact) mass is 390 g/mol. The van der Waals surface area contributed by atoms with Crippen molar-refractivity contribution >= 4 is 27.0 Å². The Hall–Kier alpha value is -2.23. The van der Waals surface area contributed by atoms with E-state index in [1.54, 1.807) is 41.8 Å². The van der Waals surface area contributed by atoms with Crippen molar-refractivity contribution in [1.29, 1.82) is 0 Å². The van der Waals surface area contributed by atoms with Crippen LogP contribution in [-0.4, -0.2) is 18.6 Å². The fraction of sp³-hybridized carbons (Fsp3) is 0.294. The minimum absolute atomic E-state index is 0.271. The molecular formula is C17H18N4O3S2. The van der Waals surface area contributed by atoms with Gasteiger partial charge in [0.1, 0.15) is 4.21 Å². The molecule has 1 fully saturated rings. The summed E-state index contributed by atoms with van der Waals surface area (Å²) in [5.74, 6) is 0.914. The molecule has 3 N–H and O–H groups in total. The Bertz CT molecular complexity index is 989. The molecule has 0 saturated heterocycles. The largest absolute Gasteiger partial charge is 0.334 e. The summed E-state index contributed by atoms with van der Waals surface area (Å²) < 4.78 is 32.7. The molecule has 0 spiro atoms. The fourth-order valence-electron chi connectivity index (χ4n) is 3.08. The first-order valence-electron chi connectivity index (χ1n) is 8.26. The van der Waals surface area contributed by atoms with Crippen LogP contribution in [0, 0.1) is 0 Å². The SMILES string of the molecule is NC1(c2noc(-c3ccc(NS(=O)(=O)c4cccs4)cc3)n2)CCCC1. The van der Waals surface area contributed by atoms with Gasteiger partial charge in [-0.2, -0.15) is 4.98 Å². The van der Waals surface area contributed by atoms with E-state index in [2.05, 4.69) is 14.9 Å². The third kappa shape index (κ3) is 3.25. The molecule has 0 unspecified atom stereocenters. The van der Waals surface area contributed by atoms with Crippen LogP contribution in [0.4, 0.5) is 5.69 Å². The summed E-state index contributed by atoms with van der Waals surface area (Å²) in [6, 6.07) is 10.1. The number of nitrogens with one attached hydrogen (secondary N) is 1. The summed E-state index contributed by atoms with van der Waals surface area (Å²) in [6.45, 7) is 0. The molecule has 0 amide bonds. The van der Waals surface area contributed by atoms with Crippen molar-refractivity contribution in [3.05, 3.63) is 47.6 Å². The highest BCUT2D eigenvalue weighted by Gasteiger charge is 2.36. The topological polar surface area (TPSA) is 111 Å². The highest BCUT2D eigenvalue weighted by Crippen LogP contribution is 2.35. The highest BCUT2D eigenvalue weighted by molar-refractivity contribution is 7.94. The van der Waals surface area contributed by atoms with E-state index >= 15 is 0 Å². The smallest absolute Gasteiger partial charge is 0.271 e. The molecule has 4 rings (SSSR count). The predicted octanol–water partition coefficient (Wildman–Crippen LogP) is 3.33. The lowest BCUT2D eigenvalue weighted by Gasteiger charge is -2.17. The first kappa shape index (κ1) is 17.2. The van der Waals surface area contributed by atoms with Crippen LogP contribution in [-0.2, 0) is 15.6 Å². The highest BCUT2D eigenvalue weighted by atomic mass is 32.2. The molecule has 0 bridgehead atoms. The molecule has 9 heteroatoms. The van der Waals surface area contributed by atoms with Gasteiger partial charge < -0.3 is 10.3 Å². The lowest BCUT2D eigenvalue weighted by atomic mass is 9.99. The first-order valence-corrected chi connectivity index (χ1v) is 10.6. The van der Waals surface area contributed by atoms with Gasteiger partial charge in [-0.15, -0.1) is 11.3 Å². The Morgan fingerprint density at radius 2 is 1.88 bits per heavy atom. The molecule has 7 nitrogen and oxygen atoms in total. The van der Waals surface area contributed by atoms with Crippen molar-refractivity contribution in [3.63, 3.8) is 0 Å². The second-order valence-electron chi connectivity index (χ2n) is 6.40. The zero-order valence-corrected chi connectivity index (χ0v) is 15.5. The maximum absolute atomic E-state index is 12.2. The maximum atomic E-state index is 12.2. The number of rotatable bonds is 5. The van der Waals surface area contributed by atoms with Gasteiger partial charge in [0.05, 0.1) is 5.54 Å². The van der Waals surface area contributed by atoms with Crippen LogP contribution in [0.5, 0.6) is 0 Å². The zero-order valence-electron chi connectivity index (χ0n) is 13.9. The second kappa shape index (κ2) is 6.49. The minimum atomic E-state index is -3.56. The Morgan fingerprint density at radius 1 is 1.15 bits per heavy atom. The predicted molar refractivity (Wildman–Crippen MR) is 99.2 cm³/mol. The number of anilines is 1. The van der Waals surface area contributed by atoms with Crippen LogP contribution in [0.2, 0.25) is 0 Å². The van der Waals surface area contributed by atoms with Crippen molar-refractivity contribution in [2.45, 2.75) is 35.4 Å². The lowest BCUT2D eigenvalue weighted by molar-refractivity contribution is 0.372. The molecule has 0 radical (unpaired) electrons. The van der Waals surface area contributed by atoms with E-state index in [4.69, 9.17) is 10.3 Å². The van der Waals surface area contributed by atoms with Crippen molar-refractivity contribution < 1.29 is 12.9 Å². The van der Waals surface area contributed by atoms with E-state index in [0.29, 0.717) is 23.0 Å². The summed E-state index contributed by atoms with van der Waals surface area (Å²) >= 11 is 1.17. The van der Waals surface area contributed by atoms with Crippen molar-refractivity contribution in [2.75, 3.05) is 4.72 Å². The summed E-state index contributed by atoms with van der Waals surface area (Å²) in [6.07, 6.45) is 3.85. The van der Waals surface area contributed by atoms with Gasteiger partial charge >= 0.3 is 0 Å². The molecule has 136 valence electrons. The molecule has 26 heavy (non-hydrogen) atoms. The summed E-state index contributed by atoms with van der Waals surface area (Å²) in [5, 5.41) is 5.76. The quantitative estimate of drug-likeness (QED) is 0.691. The van der Waals surface area contributed by atoms with Crippen LogP contribution in [0.3, 0.4) is 0 Å². The van der Waals surface area contributed by atoms with Crippen LogP contribution in [0.15, 0.2) is 50.5 Å². The van der Waals surface area contributed by atoms with E-state index in [0.717, 1.165) is 25.7 Å². The number of thiophene rings is 1. The number of hydrogen-bond acceptors (Lipinski definition) is 7. The standard InChI is InChI=1S/C17H18N4O3S2/c18-17(9-1-2-10-17)16-19-15(24-20-16)12-5-7-13(8-6-12)21-26(22,23)14-4-3-11-25-14/h3-8,11,21H,1-2,9-10,18H2. The summed E-state index contributed by atoms with van der Waals surface area (Å²) in [7, 11) is -3.56. The van der Waals surface area contributed by atoms with Crippen molar-refractivity contribution in [2.24, 2.45) is 5.73 Å². The van der Waals surface area contributed by atoms with Gasteiger partial charge in [0.2, 0.25) is 0 Å². The molecule has 1 aromatic carbocycles. The third-order valence-electron chi connectivity index (χ3n) is 4.51. The van der Waals surface area contributed by atoms with E-state index in [1.807, 2.05) is 0 Å². The summed E-state index contributed by atoms with van der Waals surface area (Å²) in [4.78, 5) is 4.44. The molecule has 1 aliphatic carbocycles. The number of nitrogens with two attached hydrogens (primary N) is 1. The minimum Gasteiger partial charge on any atom is -0.334 e. The zero-order chi connectivity index (χ0) is 18.2. The Morgan fingerprint density at radius 3 is 2.54 bits per heavy atom. The molecular weight excluding hydrogens is 372 g/mol. The molecule has 0 aliphatic heterocycles. The summed E-state index contributed by atoms with van der Waals surface area (Å²) in [5.41, 5.74) is 7.03. The van der Waals surface area contributed by atoms with Crippen LogP contribution >= 0.6 is 11.3 Å². The third-order valence-corrected chi connectivity index (χ3v) is 7.29. The number of benzene rings is 1. The van der Waals surface area contributed by atoms with E-state index in [9.17, 15) is 8.42 Å². The van der Waals surface area contributed by atoms with Crippen LogP contribution in [0.25, 0.3) is 11.5 Å². The molecule has 2 heterocycles. The molecule has 3 aromatic rings. The first-order chi connectivity index (χ1) is 12.5. The van der Waals surface area contributed by atoms with Gasteiger partial charge in [-0.1, -0.05) is 24.1 Å². The number of sulfonamides is 1. The number of aromatic nitrogens is 2. The average Bonchev–Trinajstić information content (AvgIpc) is 3.37. The van der Waals surface area contributed by atoms with Crippen LogP contribution < -0.4 is 10.5 Å². The van der Waals surface area contributed by atoms with E-state index in [-0.39, 0.29) is 4.21 Å². The number of nitrogens with zero attached hydrogens (tertiary/aromatic N) is 2. The van der Waals surface area contributed by atoms with Gasteiger partial charge in [-0.3, -0.25) is 4.72 Å². The van der Waals surface area contributed by atoms with E-state index < -0.39 is 15.6 Å². The van der Waals surface area contributed by atoms with Gasteiger partial charge in [0.15, 0.2) is 5.82 Å². The van der Waals surface area contributed by atoms with E-state index in [1.165, 1.54) is 11.3 Å². The molecule has 1 aliphatic rings. The average molecular weight is 390 g/mol. The maximum Gasteiger partial charge on any atom is 0.271 e. The van der Waals surface area contributed by atoms with Gasteiger partial charge in [0, 0.05) is 11.3 Å². The van der Waals surface area contributed by atoms with Gasteiger partial charge in [0.25, 0.3) is 15.9 Å². The lowest BCUT2D eigenvalue weighted by Crippen LogP contribution is -2.34. The molecule has 1 saturated carbocycles. The van der Waals surface area contributed by atoms with Crippen molar-refractivity contribution in [3.8, 4) is 11.5 Å². The Balaban J connectivity index is 1.52.